The minimum absolute atomic E-state index is 0.0667. The van der Waals surface area contributed by atoms with Gasteiger partial charge in [0.15, 0.2) is 5.78 Å². The molecule has 0 aromatic rings. The molecule has 32 heavy (non-hydrogen) atoms. The highest BCUT2D eigenvalue weighted by Gasteiger charge is 2.63. The van der Waals surface area contributed by atoms with Gasteiger partial charge in [0.1, 0.15) is 0 Å². The van der Waals surface area contributed by atoms with Crippen LogP contribution < -0.4 is 0 Å². The van der Waals surface area contributed by atoms with Crippen molar-refractivity contribution in [3.8, 4) is 0 Å². The normalized spacial score (nSPS) is 51.2. The highest BCUT2D eigenvalue weighted by Crippen LogP contribution is 2.67. The Morgan fingerprint density at radius 3 is 2.50 bits per heavy atom. The van der Waals surface area contributed by atoms with Gasteiger partial charge in [-0.25, -0.2) is 0 Å². The maximum atomic E-state index is 12.0. The molecule has 0 unspecified atom stereocenters. The van der Waals surface area contributed by atoms with E-state index >= 15 is 0 Å². The number of hydrogen-bond acceptors (Lipinski definition) is 4. The summed E-state index contributed by atoms with van der Waals surface area (Å²) in [5.74, 6) is 2.34. The van der Waals surface area contributed by atoms with Crippen LogP contribution in [0, 0.1) is 40.4 Å². The SMILES string of the molecule is C[C@@H]([C@H]1CC[C@H]2[C@@H]3[C@H](O)CC4=CC(=O)C=C[C@]4(C)[C@H]3CC[C@]12C)[C@H]1C[C@@](C)(C(C)(C)O)O1. The molecule has 0 bridgehead atoms. The number of fused-ring (bicyclic) bond motifs is 5. The molecule has 0 aromatic carbocycles. The Labute approximate surface area is 193 Å². The maximum Gasteiger partial charge on any atom is 0.178 e. The molecule has 1 aliphatic heterocycles. The van der Waals surface area contributed by atoms with Gasteiger partial charge in [-0.2, -0.15) is 0 Å². The van der Waals surface area contributed by atoms with Gasteiger partial charge >= 0.3 is 0 Å². The van der Waals surface area contributed by atoms with Gasteiger partial charge in [0.05, 0.1) is 23.4 Å². The van der Waals surface area contributed by atoms with Gasteiger partial charge in [-0.05, 0) is 100 Å². The van der Waals surface area contributed by atoms with E-state index in [9.17, 15) is 15.0 Å². The lowest BCUT2D eigenvalue weighted by Crippen LogP contribution is -2.63. The summed E-state index contributed by atoms with van der Waals surface area (Å²) in [5.41, 5.74) is -0.0136. The van der Waals surface area contributed by atoms with Crippen LogP contribution in [0.3, 0.4) is 0 Å². The molecule has 4 aliphatic carbocycles. The van der Waals surface area contributed by atoms with Gasteiger partial charge in [0, 0.05) is 11.8 Å². The van der Waals surface area contributed by atoms with E-state index in [1.807, 2.05) is 20.8 Å². The van der Waals surface area contributed by atoms with E-state index in [-0.39, 0.29) is 28.8 Å². The molecular weight excluding hydrogens is 400 g/mol. The van der Waals surface area contributed by atoms with Gasteiger partial charge in [-0.3, -0.25) is 4.79 Å². The lowest BCUT2D eigenvalue weighted by molar-refractivity contribution is -0.288. The number of ketones is 1. The van der Waals surface area contributed by atoms with Crippen LogP contribution in [0.25, 0.3) is 0 Å². The fourth-order valence-corrected chi connectivity index (χ4v) is 8.73. The molecule has 1 saturated heterocycles. The van der Waals surface area contributed by atoms with Gasteiger partial charge in [0.2, 0.25) is 0 Å². The summed E-state index contributed by atoms with van der Waals surface area (Å²) in [6, 6.07) is 0. The number of allylic oxidation sites excluding steroid dienone is 3. The second-order valence-electron chi connectivity index (χ2n) is 13.0. The lowest BCUT2D eigenvalue weighted by atomic mass is 9.46. The van der Waals surface area contributed by atoms with Crippen molar-refractivity contribution < 1.29 is 19.7 Å². The molecule has 0 radical (unpaired) electrons. The highest BCUT2D eigenvalue weighted by atomic mass is 16.6. The Balaban J connectivity index is 1.37. The highest BCUT2D eigenvalue weighted by molar-refractivity contribution is 6.01. The first-order valence-corrected chi connectivity index (χ1v) is 12.8. The molecule has 4 heteroatoms. The van der Waals surface area contributed by atoms with Crippen LogP contribution in [0.4, 0.5) is 0 Å². The molecule has 4 fully saturated rings. The number of ether oxygens (including phenoxy) is 1. The van der Waals surface area contributed by atoms with Crippen LogP contribution in [0.15, 0.2) is 23.8 Å². The van der Waals surface area contributed by atoms with Crippen LogP contribution >= 0.6 is 0 Å². The zero-order valence-electron chi connectivity index (χ0n) is 20.7. The van der Waals surface area contributed by atoms with Gasteiger partial charge in [0.25, 0.3) is 0 Å². The monoisotopic (exact) mass is 442 g/mol. The molecule has 1 heterocycles. The molecule has 0 aromatic heterocycles. The summed E-state index contributed by atoms with van der Waals surface area (Å²) >= 11 is 0. The minimum atomic E-state index is -0.828. The summed E-state index contributed by atoms with van der Waals surface area (Å²) in [6.07, 6.45) is 11.8. The van der Waals surface area contributed by atoms with Crippen LogP contribution in [0.5, 0.6) is 0 Å². The van der Waals surface area contributed by atoms with Crippen molar-refractivity contribution in [1.82, 2.24) is 0 Å². The second-order valence-corrected chi connectivity index (χ2v) is 13.0. The third kappa shape index (κ3) is 3.01. The molecule has 178 valence electrons. The third-order valence-corrected chi connectivity index (χ3v) is 11.2. The molecule has 2 N–H and O–H groups in total. The lowest BCUT2D eigenvalue weighted by Gasteiger charge is -2.60. The molecule has 10 atom stereocenters. The topological polar surface area (TPSA) is 66.8 Å². The van der Waals surface area contributed by atoms with Gasteiger partial charge < -0.3 is 14.9 Å². The summed E-state index contributed by atoms with van der Waals surface area (Å²) in [6.45, 7) is 12.9. The van der Waals surface area contributed by atoms with Crippen LogP contribution in [0.1, 0.15) is 80.1 Å². The Hall–Kier alpha value is -0.970. The first kappa shape index (κ1) is 22.8. The molecular formula is C28H42O4. The smallest absolute Gasteiger partial charge is 0.178 e. The predicted octanol–water partition coefficient (Wildman–Crippen LogP) is 4.84. The first-order valence-electron chi connectivity index (χ1n) is 12.8. The van der Waals surface area contributed by atoms with Crippen molar-refractivity contribution in [3.05, 3.63) is 23.8 Å². The van der Waals surface area contributed by atoms with E-state index in [1.54, 1.807) is 12.2 Å². The number of rotatable bonds is 3. The van der Waals surface area contributed by atoms with E-state index in [0.29, 0.717) is 36.0 Å². The van der Waals surface area contributed by atoms with Gasteiger partial charge in [-0.15, -0.1) is 0 Å². The van der Waals surface area contributed by atoms with Crippen molar-refractivity contribution in [2.75, 3.05) is 0 Å². The summed E-state index contributed by atoms with van der Waals surface area (Å²) in [7, 11) is 0. The number of hydrogen-bond donors (Lipinski definition) is 2. The summed E-state index contributed by atoms with van der Waals surface area (Å²) < 4.78 is 6.37. The van der Waals surface area contributed by atoms with E-state index < -0.39 is 11.2 Å². The molecule has 0 spiro atoms. The molecule has 0 amide bonds. The predicted molar refractivity (Wildman–Crippen MR) is 125 cm³/mol. The summed E-state index contributed by atoms with van der Waals surface area (Å²) in [5, 5.41) is 21.8. The van der Waals surface area contributed by atoms with E-state index in [2.05, 4.69) is 26.8 Å². The average molecular weight is 443 g/mol. The Bertz CT molecular complexity index is 859. The number of carbonyl (C=O) groups is 1. The Morgan fingerprint density at radius 2 is 1.84 bits per heavy atom. The van der Waals surface area contributed by atoms with Crippen LogP contribution in [-0.2, 0) is 9.53 Å². The minimum Gasteiger partial charge on any atom is -0.392 e. The fourth-order valence-electron chi connectivity index (χ4n) is 8.73. The Kier molecular flexibility index (Phi) is 5.00. The van der Waals surface area contributed by atoms with Crippen molar-refractivity contribution in [3.63, 3.8) is 0 Å². The Morgan fingerprint density at radius 1 is 1.16 bits per heavy atom. The second kappa shape index (κ2) is 7.02. The fraction of sp³-hybridized carbons (Fsp3) is 0.821. The zero-order valence-corrected chi connectivity index (χ0v) is 20.7. The van der Waals surface area contributed by atoms with Crippen LogP contribution in [0.2, 0.25) is 0 Å². The molecule has 4 nitrogen and oxygen atoms in total. The number of carbonyl (C=O) groups excluding carboxylic acids is 1. The zero-order chi connectivity index (χ0) is 23.3. The average Bonchev–Trinajstić information content (AvgIpc) is 3.02. The maximum absolute atomic E-state index is 12.0. The number of aliphatic hydroxyl groups is 2. The first-order chi connectivity index (χ1) is 14.8. The van der Waals surface area contributed by atoms with Crippen LogP contribution in [-0.4, -0.2) is 39.4 Å². The van der Waals surface area contributed by atoms with E-state index in [4.69, 9.17) is 4.74 Å². The third-order valence-electron chi connectivity index (χ3n) is 11.2. The number of aliphatic hydroxyl groups excluding tert-OH is 1. The van der Waals surface area contributed by atoms with Crippen molar-refractivity contribution in [1.29, 1.82) is 0 Å². The summed E-state index contributed by atoms with van der Waals surface area (Å²) in [4.78, 5) is 12.0. The largest absolute Gasteiger partial charge is 0.392 e. The van der Waals surface area contributed by atoms with E-state index in [1.165, 1.54) is 19.3 Å². The van der Waals surface area contributed by atoms with Crippen molar-refractivity contribution in [2.24, 2.45) is 40.4 Å². The molecule has 5 rings (SSSR count). The van der Waals surface area contributed by atoms with Crippen molar-refractivity contribution >= 4 is 5.78 Å². The molecule has 5 aliphatic rings. The quantitative estimate of drug-likeness (QED) is 0.657. The van der Waals surface area contributed by atoms with Gasteiger partial charge in [-0.1, -0.05) is 32.4 Å². The standard InChI is InChI=1S/C28H42O4/c1-16(23-15-28(6,32-23)25(2,3)31)19-7-8-20-24-21(10-12-27(19,20)5)26(4)11-9-18(29)13-17(26)14-22(24)30/h9,11,13,16,19-24,30-31H,7-8,10,12,14-15H2,1-6H3/t16-,19+,20-,21-,22+,23+,24-,26-,27+,28-/m0/s1. The molecule has 3 saturated carbocycles. The van der Waals surface area contributed by atoms with E-state index in [0.717, 1.165) is 18.4 Å². The van der Waals surface area contributed by atoms with Crippen molar-refractivity contribution in [2.45, 2.75) is 103 Å².